The van der Waals surface area contributed by atoms with Gasteiger partial charge in [-0.1, -0.05) is 60.6 Å². The topological polar surface area (TPSA) is 146 Å². The highest BCUT2D eigenvalue weighted by Gasteiger charge is 2.32. The lowest BCUT2D eigenvalue weighted by Gasteiger charge is -2.34. The molecule has 2 atom stereocenters. The Morgan fingerprint density at radius 1 is 0.857 bits per heavy atom. The Labute approximate surface area is 292 Å². The van der Waals surface area contributed by atoms with E-state index in [1.807, 2.05) is 38.1 Å². The van der Waals surface area contributed by atoms with Crippen LogP contribution in [0, 0.1) is 5.92 Å². The van der Waals surface area contributed by atoms with Crippen LogP contribution in [0.3, 0.4) is 0 Å². The van der Waals surface area contributed by atoms with Crippen molar-refractivity contribution < 1.29 is 24.0 Å². The molecule has 0 saturated heterocycles. The second kappa shape index (κ2) is 19.2. The van der Waals surface area contributed by atoms with Gasteiger partial charge in [-0.2, -0.15) is 5.10 Å². The number of carbonyl (C=O) groups excluding carboxylic acids is 5. The minimum absolute atomic E-state index is 0.0122. The van der Waals surface area contributed by atoms with Crippen molar-refractivity contribution in [3.63, 3.8) is 0 Å². The van der Waals surface area contributed by atoms with Gasteiger partial charge in [0.1, 0.15) is 12.1 Å². The first-order valence-corrected chi connectivity index (χ1v) is 17.6. The highest BCUT2D eigenvalue weighted by atomic mass is 16.2. The van der Waals surface area contributed by atoms with Crippen molar-refractivity contribution in [1.29, 1.82) is 0 Å². The number of amides is 4. The van der Waals surface area contributed by atoms with E-state index in [0.29, 0.717) is 12.8 Å². The molecule has 0 radical (unpaired) electrons. The molecule has 3 N–H and O–H groups in total. The number of benzene rings is 1. The average Bonchev–Trinajstić information content (AvgIpc) is 3.55. The zero-order valence-corrected chi connectivity index (χ0v) is 31.3. The molecule has 0 aliphatic rings. The van der Waals surface area contributed by atoms with Gasteiger partial charge >= 0.3 is 0 Å². The van der Waals surface area contributed by atoms with Crippen molar-refractivity contribution in [2.75, 3.05) is 32.7 Å². The van der Waals surface area contributed by atoms with E-state index in [2.05, 4.69) is 60.6 Å². The lowest BCUT2D eigenvalue weighted by molar-refractivity contribution is -0.143. The molecule has 1 aromatic carbocycles. The molecule has 0 spiro atoms. The van der Waals surface area contributed by atoms with E-state index < -0.39 is 35.7 Å². The summed E-state index contributed by atoms with van der Waals surface area (Å²) in [4.78, 5) is 68.9. The van der Waals surface area contributed by atoms with Crippen LogP contribution >= 0.6 is 0 Å². The van der Waals surface area contributed by atoms with E-state index in [1.165, 1.54) is 23.6 Å². The summed E-state index contributed by atoms with van der Waals surface area (Å²) in [6.45, 7) is 21.6. The number of aromatic nitrogens is 2. The second-order valence-electron chi connectivity index (χ2n) is 14.2. The van der Waals surface area contributed by atoms with Gasteiger partial charge in [-0.3, -0.25) is 24.0 Å². The van der Waals surface area contributed by atoms with Crippen LogP contribution in [0.4, 0.5) is 0 Å². The monoisotopic (exact) mass is 681 g/mol. The number of hydrogen-bond acceptors (Lipinski definition) is 7. The quantitative estimate of drug-likeness (QED) is 0.191. The fourth-order valence-corrected chi connectivity index (χ4v) is 5.38. The van der Waals surface area contributed by atoms with E-state index in [4.69, 9.17) is 0 Å². The fraction of sp³-hybridized carbons (Fsp3) is 0.622. The van der Waals surface area contributed by atoms with Crippen LogP contribution < -0.4 is 16.0 Å². The van der Waals surface area contributed by atoms with Crippen LogP contribution in [0.15, 0.2) is 36.7 Å². The molecule has 0 saturated carbocycles. The van der Waals surface area contributed by atoms with Gasteiger partial charge in [-0.05, 0) is 82.8 Å². The van der Waals surface area contributed by atoms with Gasteiger partial charge in [-0.15, -0.1) is 0 Å². The highest BCUT2D eigenvalue weighted by Crippen LogP contribution is 2.23. The van der Waals surface area contributed by atoms with Crippen molar-refractivity contribution in [3.05, 3.63) is 47.8 Å². The van der Waals surface area contributed by atoms with Crippen LogP contribution in [0.5, 0.6) is 0 Å². The molecule has 4 amide bonds. The molecule has 1 aromatic heterocycles. The fourth-order valence-electron chi connectivity index (χ4n) is 5.38. The smallest absolute Gasteiger partial charge is 0.255 e. The van der Waals surface area contributed by atoms with Gasteiger partial charge in [0.15, 0.2) is 5.78 Å². The second-order valence-corrected chi connectivity index (χ2v) is 14.2. The summed E-state index contributed by atoms with van der Waals surface area (Å²) in [5.74, 6) is -2.17. The predicted molar refractivity (Wildman–Crippen MR) is 192 cm³/mol. The van der Waals surface area contributed by atoms with E-state index in [9.17, 15) is 24.0 Å². The van der Waals surface area contributed by atoms with Crippen LogP contribution in [0.2, 0.25) is 0 Å². The van der Waals surface area contributed by atoms with Crippen molar-refractivity contribution in [2.24, 2.45) is 5.92 Å². The summed E-state index contributed by atoms with van der Waals surface area (Å²) in [6, 6.07) is 5.84. The number of hydrogen-bond donors (Lipinski definition) is 3. The van der Waals surface area contributed by atoms with Crippen molar-refractivity contribution in [1.82, 2.24) is 35.5 Å². The highest BCUT2D eigenvalue weighted by molar-refractivity contribution is 5.98. The molecular formula is C37H59N7O5. The maximum Gasteiger partial charge on any atom is 0.255 e. The lowest BCUT2D eigenvalue weighted by Crippen LogP contribution is -2.56. The summed E-state index contributed by atoms with van der Waals surface area (Å²) in [7, 11) is 0. The normalized spacial score (nSPS) is 12.9. The van der Waals surface area contributed by atoms with Crippen LogP contribution in [0.1, 0.15) is 104 Å². The van der Waals surface area contributed by atoms with Gasteiger partial charge in [-0.25, -0.2) is 4.68 Å². The zero-order valence-electron chi connectivity index (χ0n) is 31.3. The number of Topliss-reactive ketones (excluding diaryl/α,β-unsaturated/α-hetero) is 1. The third-order valence-corrected chi connectivity index (χ3v) is 8.66. The maximum absolute atomic E-state index is 13.6. The molecule has 0 fully saturated rings. The number of rotatable bonds is 19. The largest absolute Gasteiger partial charge is 0.347 e. The lowest BCUT2D eigenvalue weighted by atomic mass is 9.87. The molecule has 12 heteroatoms. The first-order valence-electron chi connectivity index (χ1n) is 17.6. The van der Waals surface area contributed by atoms with Crippen molar-refractivity contribution >= 4 is 29.4 Å². The summed E-state index contributed by atoms with van der Waals surface area (Å²) in [5, 5.41) is 12.3. The number of carbonyl (C=O) groups is 5. The number of ketones is 1. The minimum atomic E-state index is -0.941. The van der Waals surface area contributed by atoms with Crippen molar-refractivity contribution in [2.45, 2.75) is 112 Å². The van der Waals surface area contributed by atoms with E-state index in [1.54, 1.807) is 24.7 Å². The standard InChI is InChI=1S/C37H59N7O5/c1-11-42(12-2)20-14-13-15-31(36(49)38-22-32(45)25(3)4)44(26(5)6)33(46)23-39-34(47)27(7)41-35(48)28-21-40-43(24-28)30-18-16-29(17-19-30)37(8,9)10/h16-19,21,24-27,31H,11-15,20,22-23H2,1-10H3,(H,38,49)(H,39,47)(H,41,48). The molecule has 0 aliphatic carbocycles. The predicted octanol–water partition coefficient (Wildman–Crippen LogP) is 3.86. The van der Waals surface area contributed by atoms with Gasteiger partial charge < -0.3 is 25.8 Å². The first kappa shape index (κ1) is 41.1. The Morgan fingerprint density at radius 3 is 2.02 bits per heavy atom. The molecule has 49 heavy (non-hydrogen) atoms. The Morgan fingerprint density at radius 2 is 1.47 bits per heavy atom. The van der Waals surface area contributed by atoms with E-state index in [-0.39, 0.29) is 41.8 Å². The Balaban J connectivity index is 2.05. The summed E-state index contributed by atoms with van der Waals surface area (Å²) in [6.07, 6.45) is 5.01. The third-order valence-electron chi connectivity index (χ3n) is 8.66. The summed E-state index contributed by atoms with van der Waals surface area (Å²) in [5.41, 5.74) is 2.28. The van der Waals surface area contributed by atoms with Gasteiger partial charge in [0.2, 0.25) is 17.7 Å². The Kier molecular flexibility index (Phi) is 16.1. The molecule has 2 rings (SSSR count). The molecular weight excluding hydrogens is 622 g/mol. The van der Waals surface area contributed by atoms with Gasteiger partial charge in [0, 0.05) is 18.2 Å². The minimum Gasteiger partial charge on any atom is -0.347 e. The van der Waals surface area contributed by atoms with Gasteiger partial charge in [0.05, 0.1) is 30.5 Å². The van der Waals surface area contributed by atoms with Crippen molar-refractivity contribution in [3.8, 4) is 5.69 Å². The molecule has 2 unspecified atom stereocenters. The van der Waals surface area contributed by atoms with E-state index >= 15 is 0 Å². The molecule has 12 nitrogen and oxygen atoms in total. The van der Waals surface area contributed by atoms with Gasteiger partial charge in [0.25, 0.3) is 5.91 Å². The molecule has 0 aliphatic heterocycles. The summed E-state index contributed by atoms with van der Waals surface area (Å²) >= 11 is 0. The maximum atomic E-state index is 13.6. The molecule has 272 valence electrons. The zero-order chi connectivity index (χ0) is 36.9. The third kappa shape index (κ3) is 12.7. The summed E-state index contributed by atoms with van der Waals surface area (Å²) < 4.78 is 1.60. The SMILES string of the molecule is CCN(CC)CCCCC(C(=O)NCC(=O)C(C)C)N(C(=O)CNC(=O)C(C)NC(=O)c1cnn(-c2ccc(C(C)(C)C)cc2)c1)C(C)C. The van der Waals surface area contributed by atoms with Crippen LogP contribution in [-0.2, 0) is 24.6 Å². The Bertz CT molecular complexity index is 1390. The molecule has 1 heterocycles. The molecule has 2 aromatic rings. The average molecular weight is 682 g/mol. The number of unbranched alkanes of at least 4 members (excludes halogenated alkanes) is 1. The van der Waals surface area contributed by atoms with E-state index in [0.717, 1.165) is 31.7 Å². The first-order chi connectivity index (χ1) is 23.0. The number of nitrogens with one attached hydrogen (secondary N) is 3. The Hall–Kier alpha value is -4.06. The van der Waals surface area contributed by atoms with Crippen LogP contribution in [-0.4, -0.2) is 99.8 Å². The molecule has 0 bridgehead atoms. The number of nitrogens with zero attached hydrogens (tertiary/aromatic N) is 4. The van der Waals surface area contributed by atoms with Crippen LogP contribution in [0.25, 0.3) is 5.69 Å².